The normalized spacial score (nSPS) is 19.6. The van der Waals surface area contributed by atoms with Crippen LogP contribution in [-0.2, 0) is 16.0 Å². The minimum Gasteiger partial charge on any atom is -0.480 e. The molecule has 1 aliphatic heterocycles. The number of amides is 1. The smallest absolute Gasteiger partial charge is 0.327 e. The molecule has 3 N–H and O–H groups in total. The molecular formula is C15H20N2O3. The molecule has 20 heavy (non-hydrogen) atoms. The summed E-state index contributed by atoms with van der Waals surface area (Å²) in [4.78, 5) is 25.4. The molecule has 0 saturated heterocycles. The molecule has 0 fully saturated rings. The molecule has 0 radical (unpaired) electrons. The van der Waals surface area contributed by atoms with E-state index in [0.717, 1.165) is 5.56 Å². The maximum absolute atomic E-state index is 12.6. The predicted octanol–water partition coefficient (Wildman–Crippen LogP) is 1.40. The van der Waals surface area contributed by atoms with Crippen LogP contribution in [0.15, 0.2) is 24.3 Å². The number of fused-ring (bicyclic) bond motifs is 1. The second kappa shape index (κ2) is 4.90. The van der Waals surface area contributed by atoms with Gasteiger partial charge in [0.25, 0.3) is 0 Å². The minimum absolute atomic E-state index is 0.327. The summed E-state index contributed by atoms with van der Waals surface area (Å²) in [5, 5.41) is 9.35. The van der Waals surface area contributed by atoms with Crippen molar-refractivity contribution in [2.45, 2.75) is 39.3 Å². The van der Waals surface area contributed by atoms with E-state index < -0.39 is 23.5 Å². The second-order valence-corrected chi connectivity index (χ2v) is 6.24. The number of rotatable bonds is 2. The molecule has 0 bridgehead atoms. The number of nitrogens with zero attached hydrogens (tertiary/aromatic N) is 1. The molecule has 0 spiro atoms. The molecule has 2 rings (SSSR count). The summed E-state index contributed by atoms with van der Waals surface area (Å²) in [6.45, 7) is 5.61. The second-order valence-electron chi connectivity index (χ2n) is 6.24. The summed E-state index contributed by atoms with van der Waals surface area (Å²) in [5.41, 5.74) is 7.12. The molecule has 1 amide bonds. The van der Waals surface area contributed by atoms with Crippen molar-refractivity contribution in [2.75, 3.05) is 4.90 Å². The lowest BCUT2D eigenvalue weighted by Crippen LogP contribution is -2.54. The van der Waals surface area contributed by atoms with Crippen molar-refractivity contribution in [3.8, 4) is 0 Å². The van der Waals surface area contributed by atoms with E-state index in [1.165, 1.54) is 4.90 Å². The van der Waals surface area contributed by atoms with Crippen molar-refractivity contribution in [3.63, 3.8) is 0 Å². The Morgan fingerprint density at radius 3 is 2.50 bits per heavy atom. The van der Waals surface area contributed by atoms with E-state index in [0.29, 0.717) is 12.1 Å². The topological polar surface area (TPSA) is 83.6 Å². The largest absolute Gasteiger partial charge is 0.480 e. The third-order valence-electron chi connectivity index (χ3n) is 3.70. The van der Waals surface area contributed by atoms with Gasteiger partial charge in [0.15, 0.2) is 0 Å². The lowest BCUT2D eigenvalue weighted by atomic mass is 9.86. The highest BCUT2D eigenvalue weighted by molar-refractivity contribution is 6.04. The highest BCUT2D eigenvalue weighted by Gasteiger charge is 2.42. The molecule has 2 unspecified atom stereocenters. The lowest BCUT2D eigenvalue weighted by Gasteiger charge is -2.32. The first-order valence-electron chi connectivity index (χ1n) is 6.63. The number of carbonyl (C=O) groups is 2. The zero-order valence-corrected chi connectivity index (χ0v) is 12.0. The molecular weight excluding hydrogens is 256 g/mol. The first kappa shape index (κ1) is 14.5. The highest BCUT2D eigenvalue weighted by Crippen LogP contribution is 2.34. The van der Waals surface area contributed by atoms with E-state index in [4.69, 9.17) is 5.73 Å². The Morgan fingerprint density at radius 1 is 1.35 bits per heavy atom. The number of carbonyl (C=O) groups excluding carboxylic acids is 1. The number of carboxylic acid groups (broad SMARTS) is 1. The Bertz CT molecular complexity index is 548. The number of para-hydroxylation sites is 1. The van der Waals surface area contributed by atoms with Gasteiger partial charge in [0.1, 0.15) is 6.04 Å². The molecule has 5 nitrogen and oxygen atoms in total. The van der Waals surface area contributed by atoms with Gasteiger partial charge in [-0.05, 0) is 17.0 Å². The number of hydrogen-bond acceptors (Lipinski definition) is 3. The van der Waals surface area contributed by atoms with E-state index in [1.54, 1.807) is 12.1 Å². The van der Waals surface area contributed by atoms with Crippen molar-refractivity contribution in [1.82, 2.24) is 0 Å². The molecule has 108 valence electrons. The van der Waals surface area contributed by atoms with Crippen molar-refractivity contribution in [1.29, 1.82) is 0 Å². The monoisotopic (exact) mass is 276 g/mol. The van der Waals surface area contributed by atoms with Crippen molar-refractivity contribution in [2.24, 2.45) is 11.1 Å². The number of hydrogen-bond donors (Lipinski definition) is 2. The molecule has 0 aliphatic carbocycles. The molecule has 1 aliphatic rings. The van der Waals surface area contributed by atoms with Crippen LogP contribution in [0.5, 0.6) is 0 Å². The van der Waals surface area contributed by atoms with E-state index in [9.17, 15) is 14.7 Å². The van der Waals surface area contributed by atoms with Crippen LogP contribution in [0.25, 0.3) is 0 Å². The zero-order valence-electron chi connectivity index (χ0n) is 12.0. The van der Waals surface area contributed by atoms with Gasteiger partial charge in [0.05, 0.1) is 6.04 Å². The third-order valence-corrected chi connectivity index (χ3v) is 3.70. The van der Waals surface area contributed by atoms with Gasteiger partial charge in [-0.1, -0.05) is 39.0 Å². The quantitative estimate of drug-likeness (QED) is 0.855. The fourth-order valence-electron chi connectivity index (χ4n) is 2.38. The highest BCUT2D eigenvalue weighted by atomic mass is 16.4. The molecule has 2 atom stereocenters. The van der Waals surface area contributed by atoms with E-state index in [-0.39, 0.29) is 5.91 Å². The van der Waals surface area contributed by atoms with Gasteiger partial charge in [0, 0.05) is 12.1 Å². The van der Waals surface area contributed by atoms with Crippen LogP contribution in [0, 0.1) is 5.41 Å². The van der Waals surface area contributed by atoms with Crippen LogP contribution < -0.4 is 10.6 Å². The number of anilines is 1. The van der Waals surface area contributed by atoms with Gasteiger partial charge >= 0.3 is 5.97 Å². The number of nitrogens with two attached hydrogens (primary N) is 1. The van der Waals surface area contributed by atoms with Crippen LogP contribution in [-0.4, -0.2) is 29.1 Å². The van der Waals surface area contributed by atoms with E-state index >= 15 is 0 Å². The maximum Gasteiger partial charge on any atom is 0.327 e. The van der Waals surface area contributed by atoms with Gasteiger partial charge < -0.3 is 10.8 Å². The molecule has 0 saturated carbocycles. The number of carboxylic acids is 1. The first-order valence-corrected chi connectivity index (χ1v) is 6.63. The molecule has 1 heterocycles. The maximum atomic E-state index is 12.6. The summed E-state index contributed by atoms with van der Waals surface area (Å²) in [5.74, 6) is -1.34. The summed E-state index contributed by atoms with van der Waals surface area (Å²) >= 11 is 0. The first-order chi connectivity index (χ1) is 9.23. The molecule has 1 aromatic rings. The van der Waals surface area contributed by atoms with Crippen molar-refractivity contribution < 1.29 is 14.7 Å². The Morgan fingerprint density at radius 2 is 1.95 bits per heavy atom. The Balaban J connectivity index is 2.41. The zero-order chi connectivity index (χ0) is 15.1. The summed E-state index contributed by atoms with van der Waals surface area (Å²) < 4.78 is 0. The number of aliphatic carboxylic acids is 1. The SMILES string of the molecule is CC(C)(C)C(N)C(=O)N1c2ccccc2CC1C(=O)O. The summed E-state index contributed by atoms with van der Waals surface area (Å²) in [6, 6.07) is 5.65. The van der Waals surface area contributed by atoms with E-state index in [2.05, 4.69) is 0 Å². The van der Waals surface area contributed by atoms with Crippen LogP contribution >= 0.6 is 0 Å². The van der Waals surface area contributed by atoms with Gasteiger partial charge in [-0.15, -0.1) is 0 Å². The third kappa shape index (κ3) is 2.41. The van der Waals surface area contributed by atoms with E-state index in [1.807, 2.05) is 32.9 Å². The van der Waals surface area contributed by atoms with Crippen LogP contribution in [0.2, 0.25) is 0 Å². The van der Waals surface area contributed by atoms with Crippen LogP contribution in [0.1, 0.15) is 26.3 Å². The summed E-state index contributed by atoms with van der Waals surface area (Å²) in [7, 11) is 0. The average molecular weight is 276 g/mol. The standard InChI is InChI=1S/C15H20N2O3/c1-15(2,3)12(16)13(18)17-10-7-5-4-6-9(10)8-11(17)14(19)20/h4-7,11-12H,8,16H2,1-3H3,(H,19,20). The minimum atomic E-state index is -1.00. The molecule has 5 heteroatoms. The van der Waals surface area contributed by atoms with Gasteiger partial charge in [0.2, 0.25) is 5.91 Å². The Labute approximate surface area is 118 Å². The predicted molar refractivity (Wildman–Crippen MR) is 76.5 cm³/mol. The van der Waals surface area contributed by atoms with Gasteiger partial charge in [-0.3, -0.25) is 9.69 Å². The van der Waals surface area contributed by atoms with Gasteiger partial charge in [-0.25, -0.2) is 4.79 Å². The lowest BCUT2D eigenvalue weighted by molar-refractivity contribution is -0.140. The molecule has 0 aromatic heterocycles. The fraction of sp³-hybridized carbons (Fsp3) is 0.467. The molecule has 1 aromatic carbocycles. The average Bonchev–Trinajstić information content (AvgIpc) is 2.75. The van der Waals surface area contributed by atoms with Crippen molar-refractivity contribution >= 4 is 17.6 Å². The number of benzene rings is 1. The van der Waals surface area contributed by atoms with Crippen molar-refractivity contribution in [3.05, 3.63) is 29.8 Å². The fourth-order valence-corrected chi connectivity index (χ4v) is 2.38. The van der Waals surface area contributed by atoms with Crippen LogP contribution in [0.4, 0.5) is 5.69 Å². The Hall–Kier alpha value is -1.88. The Kier molecular flexibility index (Phi) is 3.56. The van der Waals surface area contributed by atoms with Gasteiger partial charge in [-0.2, -0.15) is 0 Å². The van der Waals surface area contributed by atoms with Crippen LogP contribution in [0.3, 0.4) is 0 Å². The summed E-state index contributed by atoms with van der Waals surface area (Å²) in [6.07, 6.45) is 0.327.